The van der Waals surface area contributed by atoms with Gasteiger partial charge in [0.1, 0.15) is 13.2 Å². The largest absolute Gasteiger partial charge is 0.486 e. The first kappa shape index (κ1) is 20.2. The van der Waals surface area contributed by atoms with Crippen molar-refractivity contribution in [2.75, 3.05) is 38.2 Å². The molecule has 1 saturated heterocycles. The van der Waals surface area contributed by atoms with Gasteiger partial charge in [0, 0.05) is 31.4 Å². The Labute approximate surface area is 183 Å². The molecule has 0 unspecified atom stereocenters. The van der Waals surface area contributed by atoms with E-state index in [9.17, 15) is 0 Å². The van der Waals surface area contributed by atoms with Crippen molar-refractivity contribution in [3.63, 3.8) is 0 Å². The average molecular weight is 433 g/mol. The lowest BCUT2D eigenvalue weighted by atomic mass is 9.97. The summed E-state index contributed by atoms with van der Waals surface area (Å²) in [5.41, 5.74) is 2.44. The fourth-order valence-electron chi connectivity index (χ4n) is 3.90. The second-order valence-electron chi connectivity index (χ2n) is 7.48. The second kappa shape index (κ2) is 9.63. The van der Waals surface area contributed by atoms with Gasteiger partial charge < -0.3 is 20.1 Å². The molecule has 0 amide bonds. The maximum Gasteiger partial charge on any atom is 0.192 e. The fourth-order valence-corrected chi connectivity index (χ4v) is 4.50. The van der Waals surface area contributed by atoms with Crippen LogP contribution in [0, 0.1) is 0 Å². The number of fused-ring (bicyclic) bond motifs is 1. The number of ether oxygens (including phenoxy) is 2. The number of nitrogens with zero attached hydrogens (tertiary/aromatic N) is 2. The minimum Gasteiger partial charge on any atom is -0.486 e. The molecule has 1 aromatic carbocycles. The molecule has 6 nitrogen and oxygen atoms in total. The molecule has 2 aliphatic heterocycles. The molecular weight excluding hydrogens is 404 g/mol. The zero-order chi connectivity index (χ0) is 20.1. The minimum atomic E-state index is 0.567. The van der Waals surface area contributed by atoms with Crippen molar-refractivity contribution >= 4 is 40.3 Å². The number of hydrazine groups is 1. The number of hydrogen-bond donors (Lipinski definition) is 2. The van der Waals surface area contributed by atoms with E-state index in [1.807, 2.05) is 23.2 Å². The highest BCUT2D eigenvalue weighted by Gasteiger charge is 2.26. The smallest absolute Gasteiger partial charge is 0.192 e. The van der Waals surface area contributed by atoms with Crippen LogP contribution in [0.1, 0.15) is 38.5 Å². The van der Waals surface area contributed by atoms with Gasteiger partial charge in [0.15, 0.2) is 21.7 Å². The summed E-state index contributed by atoms with van der Waals surface area (Å²) in [6, 6.07) is 5.79. The third-order valence-electron chi connectivity index (χ3n) is 5.40. The van der Waals surface area contributed by atoms with Gasteiger partial charge in [-0.25, -0.2) is 0 Å². The SMILES string of the molecule is S=C(NCCC1=CCCCC1)N1CCCN1C(=S)Nc1ccc2c(c1)OCCO2. The molecule has 29 heavy (non-hydrogen) atoms. The molecule has 1 aliphatic carbocycles. The van der Waals surface area contributed by atoms with Gasteiger partial charge in [-0.15, -0.1) is 0 Å². The first-order chi connectivity index (χ1) is 14.2. The summed E-state index contributed by atoms with van der Waals surface area (Å²) in [5.74, 6) is 1.52. The highest BCUT2D eigenvalue weighted by molar-refractivity contribution is 7.80. The van der Waals surface area contributed by atoms with Gasteiger partial charge in [0.05, 0.1) is 0 Å². The Morgan fingerprint density at radius 3 is 2.55 bits per heavy atom. The van der Waals surface area contributed by atoms with Crippen molar-refractivity contribution in [2.24, 2.45) is 0 Å². The Kier molecular flexibility index (Phi) is 6.71. The van der Waals surface area contributed by atoms with E-state index >= 15 is 0 Å². The lowest BCUT2D eigenvalue weighted by Crippen LogP contribution is -2.50. The van der Waals surface area contributed by atoms with Crippen LogP contribution < -0.4 is 20.1 Å². The highest BCUT2D eigenvalue weighted by Crippen LogP contribution is 2.32. The molecule has 8 heteroatoms. The van der Waals surface area contributed by atoms with E-state index in [2.05, 4.69) is 21.7 Å². The molecule has 0 radical (unpaired) electrons. The molecule has 0 spiro atoms. The summed E-state index contributed by atoms with van der Waals surface area (Å²) in [4.78, 5) is 0. The van der Waals surface area contributed by atoms with Gasteiger partial charge in [0.25, 0.3) is 0 Å². The third kappa shape index (κ3) is 5.11. The van der Waals surface area contributed by atoms with Gasteiger partial charge in [-0.1, -0.05) is 11.6 Å². The lowest BCUT2D eigenvalue weighted by Gasteiger charge is -2.32. The Morgan fingerprint density at radius 1 is 0.966 bits per heavy atom. The van der Waals surface area contributed by atoms with Crippen LogP contribution in [0.25, 0.3) is 0 Å². The zero-order valence-electron chi connectivity index (χ0n) is 16.6. The first-order valence-corrected chi connectivity index (χ1v) is 11.2. The van der Waals surface area contributed by atoms with Crippen molar-refractivity contribution in [1.29, 1.82) is 0 Å². The lowest BCUT2D eigenvalue weighted by molar-refractivity contribution is 0.171. The molecule has 0 atom stereocenters. The Balaban J connectivity index is 1.30. The topological polar surface area (TPSA) is 49.0 Å². The molecule has 1 aromatic rings. The summed E-state index contributed by atoms with van der Waals surface area (Å²) < 4.78 is 11.2. The van der Waals surface area contributed by atoms with Crippen molar-refractivity contribution in [3.8, 4) is 11.5 Å². The molecule has 0 aromatic heterocycles. The summed E-state index contributed by atoms with van der Waals surface area (Å²) in [5, 5.41) is 12.2. The number of allylic oxidation sites excluding steroid dienone is 1. The summed E-state index contributed by atoms with van der Waals surface area (Å²) in [7, 11) is 0. The third-order valence-corrected chi connectivity index (χ3v) is 6.07. The predicted molar refractivity (Wildman–Crippen MR) is 123 cm³/mol. The molecule has 4 rings (SSSR count). The molecule has 0 saturated carbocycles. The molecule has 1 fully saturated rings. The Hall–Kier alpha value is -2.06. The zero-order valence-corrected chi connectivity index (χ0v) is 18.2. The number of thiocarbonyl (C=S) groups is 2. The van der Waals surface area contributed by atoms with Crippen LogP contribution in [0.3, 0.4) is 0 Å². The maximum absolute atomic E-state index is 5.67. The van der Waals surface area contributed by atoms with E-state index < -0.39 is 0 Å². The monoisotopic (exact) mass is 432 g/mol. The molecule has 2 heterocycles. The molecule has 0 bridgehead atoms. The van der Waals surface area contributed by atoms with Crippen molar-refractivity contribution in [3.05, 3.63) is 29.8 Å². The quantitative estimate of drug-likeness (QED) is 0.550. The maximum atomic E-state index is 5.67. The summed E-state index contributed by atoms with van der Waals surface area (Å²) >= 11 is 11.3. The Bertz CT molecular complexity index is 799. The number of anilines is 1. The van der Waals surface area contributed by atoms with E-state index in [0.29, 0.717) is 18.3 Å². The van der Waals surface area contributed by atoms with Crippen molar-refractivity contribution < 1.29 is 9.47 Å². The van der Waals surface area contributed by atoms with Crippen molar-refractivity contribution in [2.45, 2.75) is 38.5 Å². The number of rotatable bonds is 4. The van der Waals surface area contributed by atoms with Crippen LogP contribution in [0.15, 0.2) is 29.8 Å². The van der Waals surface area contributed by atoms with Crippen LogP contribution in [-0.2, 0) is 0 Å². The van der Waals surface area contributed by atoms with Crippen LogP contribution >= 0.6 is 24.4 Å². The number of nitrogens with one attached hydrogen (secondary N) is 2. The van der Waals surface area contributed by atoms with E-state index in [4.69, 9.17) is 33.9 Å². The van der Waals surface area contributed by atoms with Crippen LogP contribution in [-0.4, -0.2) is 53.1 Å². The van der Waals surface area contributed by atoms with Crippen LogP contribution in [0.2, 0.25) is 0 Å². The first-order valence-electron chi connectivity index (χ1n) is 10.4. The average Bonchev–Trinajstić information content (AvgIpc) is 3.25. The molecule has 2 N–H and O–H groups in total. The molecular formula is C21H28N4O2S2. The van der Waals surface area contributed by atoms with E-state index in [-0.39, 0.29) is 0 Å². The highest BCUT2D eigenvalue weighted by atomic mass is 32.1. The van der Waals surface area contributed by atoms with E-state index in [1.54, 1.807) is 5.57 Å². The van der Waals surface area contributed by atoms with Crippen LogP contribution in [0.5, 0.6) is 11.5 Å². The Morgan fingerprint density at radius 2 is 1.76 bits per heavy atom. The number of benzene rings is 1. The second-order valence-corrected chi connectivity index (χ2v) is 8.25. The predicted octanol–water partition coefficient (Wildman–Crippen LogP) is 3.84. The molecule has 156 valence electrons. The van der Waals surface area contributed by atoms with E-state index in [0.717, 1.165) is 54.8 Å². The van der Waals surface area contributed by atoms with Gasteiger partial charge in [-0.3, -0.25) is 10.0 Å². The standard InChI is InChI=1S/C21H28N4O2S2/c28-20(22-10-9-16-5-2-1-3-6-16)24-11-4-12-25(24)21(29)23-17-7-8-18-19(15-17)27-14-13-26-18/h5,7-8,15H,1-4,6,9-14H2,(H,22,28)(H,23,29). The minimum absolute atomic E-state index is 0.567. The molecule has 3 aliphatic rings. The number of hydrogen-bond acceptors (Lipinski definition) is 4. The van der Waals surface area contributed by atoms with Crippen LogP contribution in [0.4, 0.5) is 5.69 Å². The van der Waals surface area contributed by atoms with Gasteiger partial charge in [-0.2, -0.15) is 0 Å². The van der Waals surface area contributed by atoms with E-state index in [1.165, 1.54) is 25.7 Å². The summed E-state index contributed by atoms with van der Waals surface area (Å²) in [6.45, 7) is 3.75. The van der Waals surface area contributed by atoms with Gasteiger partial charge >= 0.3 is 0 Å². The fraction of sp³-hybridized carbons (Fsp3) is 0.524. The van der Waals surface area contributed by atoms with Gasteiger partial charge in [-0.05, 0) is 75.1 Å². The van der Waals surface area contributed by atoms with Crippen molar-refractivity contribution in [1.82, 2.24) is 15.3 Å². The van der Waals surface area contributed by atoms with Gasteiger partial charge in [0.2, 0.25) is 0 Å². The normalized spacial score (nSPS) is 18.3. The summed E-state index contributed by atoms with van der Waals surface area (Å²) in [6.07, 6.45) is 9.57.